The first-order valence-corrected chi connectivity index (χ1v) is 12.4. The van der Waals surface area contributed by atoms with E-state index in [-0.39, 0.29) is 23.5 Å². The molecule has 1 saturated heterocycles. The third kappa shape index (κ3) is 11.4. The van der Waals surface area contributed by atoms with E-state index in [1.807, 2.05) is 0 Å². The summed E-state index contributed by atoms with van der Waals surface area (Å²) in [6.07, 6.45) is 8.46. The third-order valence-corrected chi connectivity index (χ3v) is 6.48. The molecule has 0 aromatic rings. The van der Waals surface area contributed by atoms with Crippen LogP contribution in [0.5, 0.6) is 0 Å². The SMILES string of the molecule is CO[C@H](/C=C/CC/C=C/C(=O)O)[C@@H](O)[C@H](C)[C@H](O)/C(C)=C/[C@@H](C)C(=O)CCCC1CC(=O)NC(=O)C1. The highest BCUT2D eigenvalue weighted by molar-refractivity contribution is 5.97. The van der Waals surface area contributed by atoms with Crippen LogP contribution in [0.1, 0.15) is 65.7 Å². The second kappa shape index (κ2) is 16.2. The van der Waals surface area contributed by atoms with Gasteiger partial charge < -0.3 is 20.1 Å². The van der Waals surface area contributed by atoms with Crippen molar-refractivity contribution in [2.24, 2.45) is 17.8 Å². The average molecular weight is 508 g/mol. The van der Waals surface area contributed by atoms with E-state index in [1.54, 1.807) is 45.1 Å². The van der Waals surface area contributed by atoms with Crippen LogP contribution in [-0.2, 0) is 23.9 Å². The number of carboxylic acid groups (broad SMARTS) is 1. The molecule has 202 valence electrons. The summed E-state index contributed by atoms with van der Waals surface area (Å²) in [6.45, 7) is 5.18. The van der Waals surface area contributed by atoms with Gasteiger partial charge in [-0.15, -0.1) is 0 Å². The molecule has 0 aromatic carbocycles. The number of hydrogen-bond acceptors (Lipinski definition) is 7. The molecule has 0 bridgehead atoms. The molecule has 1 aliphatic rings. The van der Waals surface area contributed by atoms with Crippen molar-refractivity contribution in [3.8, 4) is 0 Å². The van der Waals surface area contributed by atoms with Crippen LogP contribution in [-0.4, -0.2) is 64.3 Å². The molecule has 1 aliphatic heterocycles. The number of carbonyl (C=O) groups excluding carboxylic acids is 3. The maximum absolute atomic E-state index is 12.6. The number of allylic oxidation sites excluding steroid dienone is 3. The lowest BCUT2D eigenvalue weighted by molar-refractivity contribution is -0.135. The quantitative estimate of drug-likeness (QED) is 0.108. The Morgan fingerprint density at radius 3 is 2.31 bits per heavy atom. The molecule has 0 saturated carbocycles. The summed E-state index contributed by atoms with van der Waals surface area (Å²) in [7, 11) is 1.46. The molecule has 9 nitrogen and oxygen atoms in total. The van der Waals surface area contributed by atoms with Crippen LogP contribution in [0.4, 0.5) is 0 Å². The van der Waals surface area contributed by atoms with Crippen molar-refractivity contribution in [2.45, 2.75) is 84.0 Å². The Morgan fingerprint density at radius 1 is 1.11 bits per heavy atom. The monoisotopic (exact) mass is 507 g/mol. The molecule has 0 radical (unpaired) electrons. The van der Waals surface area contributed by atoms with Gasteiger partial charge in [0, 0.05) is 44.3 Å². The molecule has 1 rings (SSSR count). The van der Waals surface area contributed by atoms with Crippen molar-refractivity contribution in [3.05, 3.63) is 36.0 Å². The lowest BCUT2D eigenvalue weighted by atomic mass is 9.87. The maximum atomic E-state index is 12.6. The highest BCUT2D eigenvalue weighted by Crippen LogP contribution is 2.23. The number of carbonyl (C=O) groups is 4. The molecule has 1 heterocycles. The molecule has 1 fully saturated rings. The molecular weight excluding hydrogens is 466 g/mol. The van der Waals surface area contributed by atoms with Crippen molar-refractivity contribution in [1.29, 1.82) is 0 Å². The highest BCUT2D eigenvalue weighted by atomic mass is 16.5. The van der Waals surface area contributed by atoms with Crippen LogP contribution in [0.2, 0.25) is 0 Å². The Morgan fingerprint density at radius 2 is 1.72 bits per heavy atom. The number of nitrogens with one attached hydrogen (secondary N) is 1. The second-order valence-electron chi connectivity index (χ2n) is 9.54. The van der Waals surface area contributed by atoms with Crippen LogP contribution < -0.4 is 5.32 Å². The molecule has 0 aromatic heterocycles. The summed E-state index contributed by atoms with van der Waals surface area (Å²) in [4.78, 5) is 46.0. The van der Waals surface area contributed by atoms with Crippen molar-refractivity contribution in [2.75, 3.05) is 7.11 Å². The van der Waals surface area contributed by atoms with E-state index in [0.29, 0.717) is 50.5 Å². The summed E-state index contributed by atoms with van der Waals surface area (Å²) < 4.78 is 5.36. The minimum absolute atomic E-state index is 0.0102. The van der Waals surface area contributed by atoms with Gasteiger partial charge in [-0.1, -0.05) is 38.2 Å². The minimum Gasteiger partial charge on any atom is -0.478 e. The van der Waals surface area contributed by atoms with Gasteiger partial charge in [0.1, 0.15) is 11.9 Å². The van der Waals surface area contributed by atoms with Crippen molar-refractivity contribution >= 4 is 23.6 Å². The summed E-state index contributed by atoms with van der Waals surface area (Å²) in [5, 5.41) is 32.4. The number of methoxy groups -OCH3 is 1. The molecule has 4 N–H and O–H groups in total. The number of hydrogen-bond donors (Lipinski definition) is 4. The van der Waals surface area contributed by atoms with E-state index in [4.69, 9.17) is 9.84 Å². The van der Waals surface area contributed by atoms with Crippen LogP contribution in [0.3, 0.4) is 0 Å². The summed E-state index contributed by atoms with van der Waals surface area (Å²) in [6, 6.07) is 0. The Kier molecular flexibility index (Phi) is 14.1. The largest absolute Gasteiger partial charge is 0.478 e. The highest BCUT2D eigenvalue weighted by Gasteiger charge is 2.30. The van der Waals surface area contributed by atoms with Crippen molar-refractivity contribution in [1.82, 2.24) is 5.32 Å². The number of unbranched alkanes of at least 4 members (excludes halogenated alkanes) is 1. The number of aliphatic hydroxyl groups is 2. The van der Waals surface area contributed by atoms with Crippen molar-refractivity contribution in [3.63, 3.8) is 0 Å². The van der Waals surface area contributed by atoms with Gasteiger partial charge in [0.25, 0.3) is 0 Å². The molecular formula is C27H41NO8. The molecule has 2 amide bonds. The first-order chi connectivity index (χ1) is 17.0. The van der Waals surface area contributed by atoms with Crippen LogP contribution in [0, 0.1) is 17.8 Å². The van der Waals surface area contributed by atoms with Gasteiger partial charge >= 0.3 is 5.97 Å². The van der Waals surface area contributed by atoms with Crippen molar-refractivity contribution < 1.29 is 39.2 Å². The van der Waals surface area contributed by atoms with E-state index in [9.17, 15) is 29.4 Å². The average Bonchev–Trinajstić information content (AvgIpc) is 2.81. The predicted molar refractivity (Wildman–Crippen MR) is 135 cm³/mol. The van der Waals surface area contributed by atoms with Gasteiger partial charge in [-0.25, -0.2) is 4.79 Å². The van der Waals surface area contributed by atoms with E-state index in [1.165, 1.54) is 7.11 Å². The number of imide groups is 1. The zero-order chi connectivity index (χ0) is 27.3. The third-order valence-electron chi connectivity index (χ3n) is 6.48. The summed E-state index contributed by atoms with van der Waals surface area (Å²) in [5.74, 6) is -2.54. The molecule has 9 heteroatoms. The first-order valence-electron chi connectivity index (χ1n) is 12.4. The van der Waals surface area contributed by atoms with E-state index < -0.39 is 36.1 Å². The Labute approximate surface area is 213 Å². The minimum atomic E-state index is -1.00. The fourth-order valence-corrected chi connectivity index (χ4v) is 4.28. The van der Waals surface area contributed by atoms with Gasteiger partial charge in [0.15, 0.2) is 0 Å². The summed E-state index contributed by atoms with van der Waals surface area (Å²) >= 11 is 0. The Hall–Kier alpha value is -2.62. The number of carboxylic acids is 1. The van der Waals surface area contributed by atoms with Gasteiger partial charge in [-0.3, -0.25) is 19.7 Å². The first kappa shape index (κ1) is 31.4. The molecule has 5 atom stereocenters. The number of rotatable bonds is 16. The number of aliphatic hydroxyl groups excluding tert-OH is 2. The lowest BCUT2D eigenvalue weighted by Crippen LogP contribution is -2.39. The number of ketones is 1. The van der Waals surface area contributed by atoms with E-state index in [2.05, 4.69) is 5.32 Å². The molecule has 0 unspecified atom stereocenters. The van der Waals surface area contributed by atoms with Crippen LogP contribution in [0.25, 0.3) is 0 Å². The maximum Gasteiger partial charge on any atom is 0.327 e. The van der Waals surface area contributed by atoms with Gasteiger partial charge in [-0.05, 0) is 44.1 Å². The zero-order valence-electron chi connectivity index (χ0n) is 21.7. The van der Waals surface area contributed by atoms with Crippen LogP contribution in [0.15, 0.2) is 36.0 Å². The zero-order valence-corrected chi connectivity index (χ0v) is 21.7. The normalized spacial score (nSPS) is 19.8. The smallest absolute Gasteiger partial charge is 0.327 e. The standard InChI is InChI=1S/C27H41NO8/c1-17(21(29)11-9-10-20-15-23(30)28-24(31)16-20)14-18(2)26(34)19(3)27(35)22(36-4)12-7-5-6-8-13-25(32)33/h7-8,12-14,17,19-20,22,26-27,34-35H,5-6,9-11,15-16H2,1-4H3,(H,32,33)(H,28,30,31)/b12-7+,13-8+,18-14+/t17-,19-,22-,26-,27+/m1/s1. The van der Waals surface area contributed by atoms with E-state index in [0.717, 1.165) is 6.08 Å². The Bertz CT molecular complexity index is 831. The number of piperidine rings is 1. The number of ether oxygens (including phenoxy) is 1. The topological polar surface area (TPSA) is 150 Å². The fourth-order valence-electron chi connectivity index (χ4n) is 4.28. The summed E-state index contributed by atoms with van der Waals surface area (Å²) in [5.41, 5.74) is 0.578. The molecule has 0 aliphatic carbocycles. The molecule has 0 spiro atoms. The van der Waals surface area contributed by atoms with Gasteiger partial charge in [-0.2, -0.15) is 0 Å². The number of Topliss-reactive ketones (excluding diaryl/α,β-unsaturated/α-hetero) is 1. The van der Waals surface area contributed by atoms with Gasteiger partial charge in [0.2, 0.25) is 11.8 Å². The lowest BCUT2D eigenvalue weighted by Gasteiger charge is -2.29. The van der Waals surface area contributed by atoms with E-state index >= 15 is 0 Å². The second-order valence-corrected chi connectivity index (χ2v) is 9.54. The fraction of sp³-hybridized carbons (Fsp3) is 0.630. The number of aliphatic carboxylic acids is 1. The predicted octanol–water partition coefficient (Wildman–Crippen LogP) is 2.71. The molecule has 36 heavy (non-hydrogen) atoms. The number of amides is 2. The van der Waals surface area contributed by atoms with Gasteiger partial charge in [0.05, 0.1) is 12.2 Å². The van der Waals surface area contributed by atoms with Crippen LogP contribution >= 0.6 is 0 Å². The Balaban J connectivity index is 2.57.